The van der Waals surface area contributed by atoms with Gasteiger partial charge in [-0.1, -0.05) is 15.9 Å². The molecule has 0 aliphatic heterocycles. The maximum atomic E-state index is 13.0. The Morgan fingerprint density at radius 3 is 2.15 bits per heavy atom. The van der Waals surface area contributed by atoms with E-state index in [4.69, 9.17) is 0 Å². The zero-order chi connectivity index (χ0) is 19.8. The molecule has 27 heavy (non-hydrogen) atoms. The van der Waals surface area contributed by atoms with Gasteiger partial charge in [0.25, 0.3) is 0 Å². The summed E-state index contributed by atoms with van der Waals surface area (Å²) in [5.41, 5.74) is 0.276. The number of hydrogen-bond donors (Lipinski definition) is 1. The van der Waals surface area contributed by atoms with E-state index in [1.165, 1.54) is 30.3 Å². The molecule has 0 atom stereocenters. The first-order valence-corrected chi connectivity index (χ1v) is 7.98. The van der Waals surface area contributed by atoms with E-state index in [1.807, 2.05) is 0 Å². The highest BCUT2D eigenvalue weighted by Crippen LogP contribution is 2.33. The van der Waals surface area contributed by atoms with Crippen LogP contribution in [0.2, 0.25) is 0 Å². The molecule has 3 rings (SSSR count). The van der Waals surface area contributed by atoms with Gasteiger partial charge in [0.05, 0.1) is 5.52 Å². The molecule has 0 aliphatic rings. The fourth-order valence-corrected chi connectivity index (χ4v) is 2.56. The predicted octanol–water partition coefficient (Wildman–Crippen LogP) is 6.05. The van der Waals surface area contributed by atoms with Gasteiger partial charge in [0.1, 0.15) is 11.6 Å². The maximum Gasteiger partial charge on any atom is 0.573 e. The molecule has 0 spiro atoms. The molecule has 142 valence electrons. The molecule has 0 unspecified atom stereocenters. The number of anilines is 2. The average Bonchev–Trinajstić information content (AvgIpc) is 2.54. The predicted molar refractivity (Wildman–Crippen MR) is 88.6 cm³/mol. The third-order valence-corrected chi connectivity index (χ3v) is 3.76. The molecule has 0 radical (unpaired) electrons. The van der Waals surface area contributed by atoms with Crippen LogP contribution in [-0.2, 0) is 6.18 Å². The first-order chi connectivity index (χ1) is 12.5. The number of alkyl halides is 6. The number of nitrogens with one attached hydrogen (secondary N) is 1. The highest BCUT2D eigenvalue weighted by atomic mass is 79.9. The standard InChI is InChI=1S/C16H8BrF6N3O/c17-8-1-6-12-11(7-8)13(26-14(25-12)15(18,19)20)24-9-2-4-10(5-3-9)27-16(21,22)23/h1-7H,(H,24,25,26). The molecule has 0 amide bonds. The molecule has 11 heteroatoms. The van der Waals surface area contributed by atoms with Crippen molar-refractivity contribution < 1.29 is 31.1 Å². The van der Waals surface area contributed by atoms with Crippen molar-refractivity contribution >= 4 is 38.3 Å². The van der Waals surface area contributed by atoms with E-state index < -0.39 is 24.1 Å². The van der Waals surface area contributed by atoms with E-state index in [0.29, 0.717) is 9.86 Å². The lowest BCUT2D eigenvalue weighted by Crippen LogP contribution is -2.17. The summed E-state index contributed by atoms with van der Waals surface area (Å²) in [6, 6.07) is 8.95. The number of aromatic nitrogens is 2. The summed E-state index contributed by atoms with van der Waals surface area (Å²) in [5.74, 6) is -1.94. The Bertz CT molecular complexity index is 973. The Morgan fingerprint density at radius 1 is 0.889 bits per heavy atom. The number of ether oxygens (including phenoxy) is 1. The van der Waals surface area contributed by atoms with Crippen molar-refractivity contribution in [3.05, 3.63) is 52.8 Å². The number of fused-ring (bicyclic) bond motifs is 1. The van der Waals surface area contributed by atoms with Crippen molar-refractivity contribution in [2.24, 2.45) is 0 Å². The van der Waals surface area contributed by atoms with Crippen LogP contribution >= 0.6 is 15.9 Å². The first-order valence-electron chi connectivity index (χ1n) is 7.18. The van der Waals surface area contributed by atoms with Crippen LogP contribution in [-0.4, -0.2) is 16.3 Å². The first kappa shape index (κ1) is 19.2. The van der Waals surface area contributed by atoms with Crippen LogP contribution in [0.5, 0.6) is 5.75 Å². The summed E-state index contributed by atoms with van der Waals surface area (Å²) >= 11 is 3.22. The number of rotatable bonds is 3. The second kappa shape index (κ2) is 6.87. The van der Waals surface area contributed by atoms with Crippen LogP contribution in [0.15, 0.2) is 46.9 Å². The second-order valence-corrected chi connectivity index (χ2v) is 6.17. The van der Waals surface area contributed by atoms with Gasteiger partial charge < -0.3 is 10.1 Å². The summed E-state index contributed by atoms with van der Waals surface area (Å²) in [7, 11) is 0. The fourth-order valence-electron chi connectivity index (χ4n) is 2.20. The highest BCUT2D eigenvalue weighted by molar-refractivity contribution is 9.10. The molecule has 1 N–H and O–H groups in total. The van der Waals surface area contributed by atoms with E-state index in [2.05, 4.69) is 36.0 Å². The summed E-state index contributed by atoms with van der Waals surface area (Å²) in [6.45, 7) is 0. The van der Waals surface area contributed by atoms with E-state index in [0.717, 1.165) is 12.1 Å². The van der Waals surface area contributed by atoms with Crippen LogP contribution in [0.1, 0.15) is 5.82 Å². The summed E-state index contributed by atoms with van der Waals surface area (Å²) in [5, 5.41) is 2.97. The van der Waals surface area contributed by atoms with Crippen LogP contribution in [0.3, 0.4) is 0 Å². The smallest absolute Gasteiger partial charge is 0.406 e. The average molecular weight is 452 g/mol. The monoisotopic (exact) mass is 451 g/mol. The molecule has 0 bridgehead atoms. The Labute approximate surface area is 156 Å². The van der Waals surface area contributed by atoms with Crippen molar-refractivity contribution in [3.8, 4) is 5.75 Å². The summed E-state index contributed by atoms with van der Waals surface area (Å²) in [6.07, 6.45) is -9.60. The lowest BCUT2D eigenvalue weighted by molar-refractivity contribution is -0.274. The molecular formula is C16H8BrF6N3O. The SMILES string of the molecule is FC(F)(F)Oc1ccc(Nc2nc(C(F)(F)F)nc3ccc(Br)cc23)cc1. The van der Waals surface area contributed by atoms with Crippen molar-refractivity contribution in [1.29, 1.82) is 0 Å². The van der Waals surface area contributed by atoms with Crippen LogP contribution in [0.25, 0.3) is 10.9 Å². The maximum absolute atomic E-state index is 13.0. The van der Waals surface area contributed by atoms with Gasteiger partial charge in [-0.05, 0) is 42.5 Å². The van der Waals surface area contributed by atoms with Gasteiger partial charge in [-0.3, -0.25) is 0 Å². The van der Waals surface area contributed by atoms with E-state index in [1.54, 1.807) is 0 Å². The summed E-state index contributed by atoms with van der Waals surface area (Å²) < 4.78 is 80.0. The van der Waals surface area contributed by atoms with Crippen molar-refractivity contribution in [3.63, 3.8) is 0 Å². The molecule has 0 aliphatic carbocycles. The number of hydrogen-bond acceptors (Lipinski definition) is 4. The highest BCUT2D eigenvalue weighted by Gasteiger charge is 2.35. The van der Waals surface area contributed by atoms with Gasteiger partial charge in [-0.15, -0.1) is 13.2 Å². The minimum atomic E-state index is -4.84. The quantitative estimate of drug-likeness (QED) is 0.492. The van der Waals surface area contributed by atoms with Crippen molar-refractivity contribution in [1.82, 2.24) is 9.97 Å². The zero-order valence-corrected chi connectivity index (χ0v) is 14.6. The molecule has 0 saturated heterocycles. The molecule has 1 heterocycles. The van der Waals surface area contributed by atoms with Crippen LogP contribution < -0.4 is 10.1 Å². The fraction of sp³-hybridized carbons (Fsp3) is 0.125. The minimum absolute atomic E-state index is 0.0556. The van der Waals surface area contributed by atoms with Gasteiger partial charge in [0.15, 0.2) is 0 Å². The Morgan fingerprint density at radius 2 is 1.56 bits per heavy atom. The van der Waals surface area contributed by atoms with Crippen molar-refractivity contribution in [2.45, 2.75) is 12.5 Å². The van der Waals surface area contributed by atoms with Gasteiger partial charge in [-0.25, -0.2) is 9.97 Å². The van der Waals surface area contributed by atoms with Crippen molar-refractivity contribution in [2.75, 3.05) is 5.32 Å². The molecular weight excluding hydrogens is 444 g/mol. The third kappa shape index (κ3) is 4.79. The molecule has 0 saturated carbocycles. The summed E-state index contributed by atoms with van der Waals surface area (Å²) in [4.78, 5) is 7.01. The molecule has 1 aromatic heterocycles. The van der Waals surface area contributed by atoms with Gasteiger partial charge >= 0.3 is 12.5 Å². The Kier molecular flexibility index (Phi) is 4.89. The number of benzene rings is 2. The van der Waals surface area contributed by atoms with Crippen LogP contribution in [0.4, 0.5) is 37.8 Å². The number of nitrogens with zero attached hydrogens (tertiary/aromatic N) is 2. The third-order valence-electron chi connectivity index (χ3n) is 3.26. The van der Waals surface area contributed by atoms with Crippen LogP contribution in [0, 0.1) is 0 Å². The second-order valence-electron chi connectivity index (χ2n) is 5.25. The Balaban J connectivity index is 1.99. The molecule has 0 fully saturated rings. The normalized spacial score (nSPS) is 12.3. The topological polar surface area (TPSA) is 47.0 Å². The molecule has 2 aromatic carbocycles. The molecule has 4 nitrogen and oxygen atoms in total. The van der Waals surface area contributed by atoms with E-state index in [9.17, 15) is 26.3 Å². The minimum Gasteiger partial charge on any atom is -0.406 e. The largest absolute Gasteiger partial charge is 0.573 e. The molecule has 3 aromatic rings. The van der Waals surface area contributed by atoms with E-state index in [-0.39, 0.29) is 17.0 Å². The Hall–Kier alpha value is -2.56. The van der Waals surface area contributed by atoms with Gasteiger partial charge in [-0.2, -0.15) is 13.2 Å². The lowest BCUT2D eigenvalue weighted by atomic mass is 10.2. The van der Waals surface area contributed by atoms with Gasteiger partial charge in [0, 0.05) is 15.5 Å². The lowest BCUT2D eigenvalue weighted by Gasteiger charge is -2.13. The van der Waals surface area contributed by atoms with Gasteiger partial charge in [0.2, 0.25) is 5.82 Å². The zero-order valence-electron chi connectivity index (χ0n) is 13.0. The van der Waals surface area contributed by atoms with E-state index >= 15 is 0 Å². The number of halogens is 7.